The molecule has 0 aliphatic carbocycles. The largest absolute Gasteiger partial charge is 0.354 e. The van der Waals surface area contributed by atoms with Gasteiger partial charge in [-0.3, -0.25) is 9.55 Å². The summed E-state index contributed by atoms with van der Waals surface area (Å²) in [5, 5.41) is 3.06. The molecule has 20 heavy (non-hydrogen) atoms. The Morgan fingerprint density at radius 3 is 2.85 bits per heavy atom. The fourth-order valence-electron chi connectivity index (χ4n) is 1.79. The Balaban J connectivity index is 1.97. The Morgan fingerprint density at radius 2 is 2.15 bits per heavy atom. The van der Waals surface area contributed by atoms with Gasteiger partial charge < -0.3 is 5.32 Å². The first-order valence-corrected chi connectivity index (χ1v) is 6.87. The molecule has 2 aromatic rings. The molecule has 106 valence electrons. The second-order valence-corrected chi connectivity index (χ2v) is 4.55. The molecule has 0 saturated carbocycles. The van der Waals surface area contributed by atoms with Crippen molar-refractivity contribution >= 4 is 5.95 Å². The van der Waals surface area contributed by atoms with Gasteiger partial charge in [0.25, 0.3) is 0 Å². The summed E-state index contributed by atoms with van der Waals surface area (Å²) in [4.78, 5) is 24.1. The average Bonchev–Trinajstić information content (AvgIpc) is 2.47. The van der Waals surface area contributed by atoms with Crippen molar-refractivity contribution in [3.05, 3.63) is 46.9 Å². The topological polar surface area (TPSA) is 72.7 Å². The number of nitrogens with zero attached hydrogens (tertiary/aromatic N) is 4. The van der Waals surface area contributed by atoms with E-state index < -0.39 is 0 Å². The van der Waals surface area contributed by atoms with Crippen LogP contribution < -0.4 is 11.0 Å². The van der Waals surface area contributed by atoms with Crippen molar-refractivity contribution in [1.29, 1.82) is 0 Å². The summed E-state index contributed by atoms with van der Waals surface area (Å²) in [6, 6.07) is 5.59. The maximum atomic E-state index is 11.9. The van der Waals surface area contributed by atoms with Crippen molar-refractivity contribution in [3.8, 4) is 0 Å². The Labute approximate surface area is 117 Å². The molecule has 0 aromatic carbocycles. The van der Waals surface area contributed by atoms with E-state index in [1.807, 2.05) is 18.2 Å². The van der Waals surface area contributed by atoms with E-state index in [2.05, 4.69) is 27.2 Å². The molecule has 2 aromatic heterocycles. The molecule has 0 amide bonds. The van der Waals surface area contributed by atoms with E-state index in [-0.39, 0.29) is 5.69 Å². The van der Waals surface area contributed by atoms with Crippen molar-refractivity contribution in [2.24, 2.45) is 0 Å². The number of unbranched alkanes of at least 4 members (excludes halogenated alkanes) is 2. The van der Waals surface area contributed by atoms with E-state index in [9.17, 15) is 4.79 Å². The first-order valence-electron chi connectivity index (χ1n) is 6.87. The van der Waals surface area contributed by atoms with E-state index >= 15 is 0 Å². The fraction of sp³-hybridized carbons (Fsp3) is 0.429. The third kappa shape index (κ3) is 4.15. The van der Waals surface area contributed by atoms with Crippen molar-refractivity contribution < 1.29 is 0 Å². The first-order chi connectivity index (χ1) is 9.79. The predicted molar refractivity (Wildman–Crippen MR) is 77.6 cm³/mol. The summed E-state index contributed by atoms with van der Waals surface area (Å²) >= 11 is 0. The maximum absolute atomic E-state index is 11.9. The molecule has 0 spiro atoms. The van der Waals surface area contributed by atoms with Gasteiger partial charge in [0.15, 0.2) is 0 Å². The highest BCUT2D eigenvalue weighted by molar-refractivity contribution is 5.20. The molecule has 0 fully saturated rings. The summed E-state index contributed by atoms with van der Waals surface area (Å²) in [6.45, 7) is 3.32. The zero-order valence-electron chi connectivity index (χ0n) is 11.6. The van der Waals surface area contributed by atoms with Gasteiger partial charge >= 0.3 is 5.69 Å². The van der Waals surface area contributed by atoms with Crippen LogP contribution in [0.25, 0.3) is 0 Å². The Kier molecular flexibility index (Phi) is 5.23. The monoisotopic (exact) mass is 273 g/mol. The van der Waals surface area contributed by atoms with Crippen molar-refractivity contribution in [1.82, 2.24) is 19.5 Å². The normalized spacial score (nSPS) is 10.4. The van der Waals surface area contributed by atoms with Crippen molar-refractivity contribution in [3.63, 3.8) is 0 Å². The minimum Gasteiger partial charge on any atom is -0.354 e. The molecule has 0 aliphatic rings. The zero-order valence-corrected chi connectivity index (χ0v) is 11.6. The molecule has 6 nitrogen and oxygen atoms in total. The summed E-state index contributed by atoms with van der Waals surface area (Å²) < 4.78 is 1.44. The third-order valence-corrected chi connectivity index (χ3v) is 2.89. The fourth-order valence-corrected chi connectivity index (χ4v) is 1.79. The van der Waals surface area contributed by atoms with Crippen LogP contribution in [0.2, 0.25) is 0 Å². The number of hydrogen-bond donors (Lipinski definition) is 1. The number of hydrogen-bond acceptors (Lipinski definition) is 5. The number of pyridine rings is 1. The van der Waals surface area contributed by atoms with Gasteiger partial charge in [-0.2, -0.15) is 4.98 Å². The molecule has 0 atom stereocenters. The summed E-state index contributed by atoms with van der Waals surface area (Å²) in [5.74, 6) is 0.392. The van der Waals surface area contributed by atoms with E-state index in [4.69, 9.17) is 0 Å². The lowest BCUT2D eigenvalue weighted by molar-refractivity contribution is 0.683. The highest BCUT2D eigenvalue weighted by Crippen LogP contribution is 1.98. The zero-order chi connectivity index (χ0) is 14.2. The highest BCUT2D eigenvalue weighted by atomic mass is 16.1. The van der Waals surface area contributed by atoms with E-state index in [0.717, 1.165) is 31.5 Å². The third-order valence-electron chi connectivity index (χ3n) is 2.89. The van der Waals surface area contributed by atoms with Crippen LogP contribution in [0.15, 0.2) is 35.5 Å². The molecule has 2 heterocycles. The van der Waals surface area contributed by atoms with Gasteiger partial charge in [0.2, 0.25) is 5.95 Å². The molecule has 0 radical (unpaired) electrons. The van der Waals surface area contributed by atoms with Crippen LogP contribution in [-0.4, -0.2) is 26.1 Å². The number of nitrogens with one attached hydrogen (secondary N) is 1. The quantitative estimate of drug-likeness (QED) is 0.777. The smallest absolute Gasteiger partial charge is 0.352 e. The lowest BCUT2D eigenvalue weighted by atomic mass is 10.2. The summed E-state index contributed by atoms with van der Waals surface area (Å²) in [5.41, 5.74) is 0.491. The molecule has 1 N–H and O–H groups in total. The number of aromatic nitrogens is 4. The lowest BCUT2D eigenvalue weighted by Crippen LogP contribution is -2.25. The van der Waals surface area contributed by atoms with E-state index in [1.165, 1.54) is 10.9 Å². The number of rotatable bonds is 7. The Bertz CT molecular complexity index is 582. The minimum atomic E-state index is -0.316. The molecule has 2 rings (SSSR count). The maximum Gasteiger partial charge on any atom is 0.352 e. The highest BCUT2D eigenvalue weighted by Gasteiger charge is 2.02. The van der Waals surface area contributed by atoms with Crippen LogP contribution in [0.3, 0.4) is 0 Å². The molecule has 0 aliphatic heterocycles. The van der Waals surface area contributed by atoms with Crippen LogP contribution in [0.4, 0.5) is 5.95 Å². The number of anilines is 1. The van der Waals surface area contributed by atoms with Gasteiger partial charge in [-0.15, -0.1) is 0 Å². The van der Waals surface area contributed by atoms with Gasteiger partial charge in [0.1, 0.15) is 6.33 Å². The standard InChI is InChI=1S/C14H19N5O/c1-2-3-5-9-16-13-17-11-19(14(20)18-13)10-12-7-4-6-8-15-12/h4,6-8,11H,2-3,5,9-10H2,1H3,(H,16,18,20). The average molecular weight is 273 g/mol. The second-order valence-electron chi connectivity index (χ2n) is 4.55. The summed E-state index contributed by atoms with van der Waals surface area (Å²) in [7, 11) is 0. The Morgan fingerprint density at radius 1 is 1.25 bits per heavy atom. The Hall–Kier alpha value is -2.24. The van der Waals surface area contributed by atoms with Crippen LogP contribution in [0.1, 0.15) is 31.9 Å². The van der Waals surface area contributed by atoms with Gasteiger partial charge in [0, 0.05) is 12.7 Å². The lowest BCUT2D eigenvalue weighted by Gasteiger charge is -2.06. The first kappa shape index (κ1) is 14.2. The van der Waals surface area contributed by atoms with Crippen molar-refractivity contribution in [2.45, 2.75) is 32.7 Å². The molecule has 0 bridgehead atoms. The van der Waals surface area contributed by atoms with Crippen LogP contribution >= 0.6 is 0 Å². The molecule has 6 heteroatoms. The van der Waals surface area contributed by atoms with Gasteiger partial charge in [-0.1, -0.05) is 25.8 Å². The van der Waals surface area contributed by atoms with Crippen LogP contribution in [0, 0.1) is 0 Å². The molecular formula is C14H19N5O. The minimum absolute atomic E-state index is 0.316. The summed E-state index contributed by atoms with van der Waals surface area (Å²) in [6.07, 6.45) is 6.58. The predicted octanol–water partition coefficient (Wildman–Crippen LogP) is 1.68. The van der Waals surface area contributed by atoms with Crippen LogP contribution in [0.5, 0.6) is 0 Å². The molecular weight excluding hydrogens is 254 g/mol. The molecule has 0 saturated heterocycles. The van der Waals surface area contributed by atoms with Gasteiger partial charge in [0.05, 0.1) is 12.2 Å². The van der Waals surface area contributed by atoms with E-state index in [0.29, 0.717) is 12.5 Å². The van der Waals surface area contributed by atoms with E-state index in [1.54, 1.807) is 6.20 Å². The van der Waals surface area contributed by atoms with Gasteiger partial charge in [-0.05, 0) is 18.6 Å². The van der Waals surface area contributed by atoms with Crippen LogP contribution in [-0.2, 0) is 6.54 Å². The van der Waals surface area contributed by atoms with Crippen molar-refractivity contribution in [2.75, 3.05) is 11.9 Å². The van der Waals surface area contributed by atoms with Gasteiger partial charge in [-0.25, -0.2) is 9.78 Å². The molecule has 0 unspecified atom stereocenters. The SMILES string of the molecule is CCCCCNc1ncn(Cc2ccccn2)c(=O)n1. The second kappa shape index (κ2) is 7.37.